The van der Waals surface area contributed by atoms with Gasteiger partial charge in [-0.05, 0) is 18.8 Å². The Morgan fingerprint density at radius 2 is 2.45 bits per heavy atom. The summed E-state index contributed by atoms with van der Waals surface area (Å²) in [5.74, 6) is 3.80. The van der Waals surface area contributed by atoms with Gasteiger partial charge in [0.2, 0.25) is 0 Å². The summed E-state index contributed by atoms with van der Waals surface area (Å²) in [6.45, 7) is 2.19. The first-order valence-electron chi connectivity index (χ1n) is 4.20. The van der Waals surface area contributed by atoms with E-state index in [1.807, 2.05) is 0 Å². The number of carbonyl (C=O) groups is 1. The quantitative estimate of drug-likeness (QED) is 0.522. The summed E-state index contributed by atoms with van der Waals surface area (Å²) in [5, 5.41) is 0. The number of Topliss-reactive ketones (excluding diaryl/α,β-unsaturated/α-hetero) is 1. The standard InChI is InChI=1S/C10H14O/c1-3-4-9-7-8(2)5-6-10(9)11/h1,8-9H,4-7H2,2H3. The van der Waals surface area contributed by atoms with Gasteiger partial charge in [-0.3, -0.25) is 4.79 Å². The average molecular weight is 150 g/mol. The summed E-state index contributed by atoms with van der Waals surface area (Å²) < 4.78 is 0. The molecule has 0 N–H and O–H groups in total. The van der Waals surface area contributed by atoms with Gasteiger partial charge in [0.1, 0.15) is 5.78 Å². The van der Waals surface area contributed by atoms with Crippen LogP contribution < -0.4 is 0 Å². The highest BCUT2D eigenvalue weighted by molar-refractivity contribution is 5.81. The van der Waals surface area contributed by atoms with E-state index in [1.165, 1.54) is 0 Å². The number of ketones is 1. The van der Waals surface area contributed by atoms with Crippen LogP contribution in [0.3, 0.4) is 0 Å². The molecule has 0 saturated heterocycles. The van der Waals surface area contributed by atoms with Crippen molar-refractivity contribution in [2.75, 3.05) is 0 Å². The molecule has 2 unspecified atom stereocenters. The van der Waals surface area contributed by atoms with Crippen LogP contribution in [0.25, 0.3) is 0 Å². The van der Waals surface area contributed by atoms with Crippen molar-refractivity contribution in [1.82, 2.24) is 0 Å². The first-order chi connectivity index (χ1) is 5.24. The molecule has 1 rings (SSSR count). The van der Waals surface area contributed by atoms with Gasteiger partial charge in [0.05, 0.1) is 0 Å². The van der Waals surface area contributed by atoms with Crippen LogP contribution in [0.4, 0.5) is 0 Å². The second kappa shape index (κ2) is 3.57. The number of rotatable bonds is 1. The van der Waals surface area contributed by atoms with E-state index in [0.717, 1.165) is 19.3 Å². The number of terminal acetylenes is 1. The molecule has 1 heteroatoms. The van der Waals surface area contributed by atoms with E-state index in [4.69, 9.17) is 6.42 Å². The van der Waals surface area contributed by atoms with Crippen molar-refractivity contribution in [2.24, 2.45) is 11.8 Å². The zero-order valence-electron chi connectivity index (χ0n) is 6.97. The van der Waals surface area contributed by atoms with Crippen molar-refractivity contribution < 1.29 is 4.79 Å². The summed E-state index contributed by atoms with van der Waals surface area (Å²) in [5.41, 5.74) is 0. The van der Waals surface area contributed by atoms with Crippen LogP contribution in [0.15, 0.2) is 0 Å². The van der Waals surface area contributed by atoms with E-state index in [1.54, 1.807) is 0 Å². The zero-order valence-corrected chi connectivity index (χ0v) is 6.97. The van der Waals surface area contributed by atoms with E-state index >= 15 is 0 Å². The molecule has 1 nitrogen and oxygen atoms in total. The summed E-state index contributed by atoms with van der Waals surface area (Å²) in [6.07, 6.45) is 8.61. The maximum Gasteiger partial charge on any atom is 0.136 e. The summed E-state index contributed by atoms with van der Waals surface area (Å²) >= 11 is 0. The molecule has 60 valence electrons. The summed E-state index contributed by atoms with van der Waals surface area (Å²) in [4.78, 5) is 11.2. The van der Waals surface area contributed by atoms with Crippen molar-refractivity contribution in [3.05, 3.63) is 0 Å². The average Bonchev–Trinajstić information content (AvgIpc) is 1.98. The number of hydrogen-bond acceptors (Lipinski definition) is 1. The molecule has 1 saturated carbocycles. The summed E-state index contributed by atoms with van der Waals surface area (Å²) in [6, 6.07) is 0. The van der Waals surface area contributed by atoms with Gasteiger partial charge >= 0.3 is 0 Å². The highest BCUT2D eigenvalue weighted by Crippen LogP contribution is 2.27. The minimum atomic E-state index is 0.170. The fourth-order valence-corrected chi connectivity index (χ4v) is 1.67. The molecule has 11 heavy (non-hydrogen) atoms. The van der Waals surface area contributed by atoms with Crippen LogP contribution in [0.2, 0.25) is 0 Å². The van der Waals surface area contributed by atoms with Crippen LogP contribution in [-0.2, 0) is 4.79 Å². The zero-order chi connectivity index (χ0) is 8.27. The van der Waals surface area contributed by atoms with Crippen molar-refractivity contribution in [2.45, 2.75) is 32.6 Å². The monoisotopic (exact) mass is 150 g/mol. The topological polar surface area (TPSA) is 17.1 Å². The van der Waals surface area contributed by atoms with Gasteiger partial charge < -0.3 is 0 Å². The number of carbonyl (C=O) groups excluding carboxylic acids is 1. The molecule has 0 heterocycles. The van der Waals surface area contributed by atoms with Gasteiger partial charge in [0, 0.05) is 18.8 Å². The van der Waals surface area contributed by atoms with Crippen LogP contribution in [0, 0.1) is 24.2 Å². The Labute approximate surface area is 68.2 Å². The van der Waals surface area contributed by atoms with E-state index < -0.39 is 0 Å². The molecule has 2 atom stereocenters. The van der Waals surface area contributed by atoms with Gasteiger partial charge in [-0.15, -0.1) is 12.3 Å². The molecular formula is C10H14O. The molecular weight excluding hydrogens is 136 g/mol. The van der Waals surface area contributed by atoms with Crippen molar-refractivity contribution in [3.8, 4) is 12.3 Å². The Bertz CT molecular complexity index is 188. The van der Waals surface area contributed by atoms with E-state index in [2.05, 4.69) is 12.8 Å². The Morgan fingerprint density at radius 1 is 1.73 bits per heavy atom. The SMILES string of the molecule is C#CCC1CC(C)CCC1=O. The van der Waals surface area contributed by atoms with Crippen molar-refractivity contribution >= 4 is 5.78 Å². The van der Waals surface area contributed by atoms with E-state index in [0.29, 0.717) is 18.1 Å². The highest BCUT2D eigenvalue weighted by Gasteiger charge is 2.25. The maximum absolute atomic E-state index is 11.2. The van der Waals surface area contributed by atoms with Crippen LogP contribution in [0.5, 0.6) is 0 Å². The Kier molecular flexibility index (Phi) is 2.70. The Morgan fingerprint density at radius 3 is 3.09 bits per heavy atom. The molecule has 1 aliphatic rings. The third kappa shape index (κ3) is 2.08. The lowest BCUT2D eigenvalue weighted by Gasteiger charge is -2.23. The molecule has 0 aromatic heterocycles. The van der Waals surface area contributed by atoms with E-state index in [-0.39, 0.29) is 5.92 Å². The van der Waals surface area contributed by atoms with E-state index in [9.17, 15) is 4.79 Å². The lowest BCUT2D eigenvalue weighted by Crippen LogP contribution is -2.23. The molecule has 0 aromatic rings. The Hall–Kier alpha value is -0.770. The smallest absolute Gasteiger partial charge is 0.136 e. The molecule has 0 bridgehead atoms. The third-order valence-electron chi connectivity index (χ3n) is 2.39. The second-order valence-electron chi connectivity index (χ2n) is 3.45. The van der Waals surface area contributed by atoms with Crippen molar-refractivity contribution in [1.29, 1.82) is 0 Å². The predicted molar refractivity (Wildman–Crippen MR) is 45.0 cm³/mol. The largest absolute Gasteiger partial charge is 0.299 e. The molecule has 0 aliphatic heterocycles. The molecule has 1 aliphatic carbocycles. The normalized spacial score (nSPS) is 31.5. The Balaban J connectivity index is 2.49. The molecule has 0 amide bonds. The van der Waals surface area contributed by atoms with Gasteiger partial charge in [0.15, 0.2) is 0 Å². The van der Waals surface area contributed by atoms with Crippen LogP contribution in [0.1, 0.15) is 32.6 Å². The lowest BCUT2D eigenvalue weighted by atomic mass is 9.80. The predicted octanol–water partition coefficient (Wildman–Crippen LogP) is 2.01. The molecule has 0 aromatic carbocycles. The third-order valence-corrected chi connectivity index (χ3v) is 2.39. The van der Waals surface area contributed by atoms with Gasteiger partial charge in [0.25, 0.3) is 0 Å². The van der Waals surface area contributed by atoms with Crippen molar-refractivity contribution in [3.63, 3.8) is 0 Å². The molecule has 1 fully saturated rings. The molecule has 0 spiro atoms. The maximum atomic E-state index is 11.2. The van der Waals surface area contributed by atoms with Crippen LogP contribution >= 0.6 is 0 Å². The first-order valence-corrected chi connectivity index (χ1v) is 4.20. The highest BCUT2D eigenvalue weighted by atomic mass is 16.1. The first kappa shape index (κ1) is 8.33. The summed E-state index contributed by atoms with van der Waals surface area (Å²) in [7, 11) is 0. The second-order valence-corrected chi connectivity index (χ2v) is 3.45. The van der Waals surface area contributed by atoms with Crippen LogP contribution in [-0.4, -0.2) is 5.78 Å². The fraction of sp³-hybridized carbons (Fsp3) is 0.700. The minimum absolute atomic E-state index is 0.170. The van der Waals surface area contributed by atoms with Gasteiger partial charge in [-0.25, -0.2) is 0 Å². The van der Waals surface area contributed by atoms with Gasteiger partial charge in [-0.2, -0.15) is 0 Å². The van der Waals surface area contributed by atoms with Gasteiger partial charge in [-0.1, -0.05) is 6.92 Å². The molecule has 0 radical (unpaired) electrons. The fourth-order valence-electron chi connectivity index (χ4n) is 1.67. The number of hydrogen-bond donors (Lipinski definition) is 0. The lowest BCUT2D eigenvalue weighted by molar-refractivity contribution is -0.125. The minimum Gasteiger partial charge on any atom is -0.299 e.